The fourth-order valence-corrected chi connectivity index (χ4v) is 1.77. The molecule has 2 aromatic rings. The number of methoxy groups -OCH3 is 1. The van der Waals surface area contributed by atoms with Gasteiger partial charge >= 0.3 is 5.97 Å². The van der Waals surface area contributed by atoms with Crippen LogP contribution >= 0.6 is 0 Å². The van der Waals surface area contributed by atoms with E-state index in [1.165, 1.54) is 0 Å². The molecule has 1 aromatic heterocycles. The van der Waals surface area contributed by atoms with Crippen molar-refractivity contribution < 1.29 is 14.6 Å². The summed E-state index contributed by atoms with van der Waals surface area (Å²) >= 11 is 0. The molecule has 0 atom stereocenters. The van der Waals surface area contributed by atoms with Crippen molar-refractivity contribution in [1.29, 1.82) is 0 Å². The van der Waals surface area contributed by atoms with Gasteiger partial charge in [-0.2, -0.15) is 0 Å². The quantitative estimate of drug-likeness (QED) is 0.893. The first-order valence-electron chi connectivity index (χ1n) is 5.50. The van der Waals surface area contributed by atoms with Crippen molar-refractivity contribution in [3.05, 3.63) is 42.0 Å². The summed E-state index contributed by atoms with van der Waals surface area (Å²) in [5.74, 6) is -0.172. The molecule has 0 aliphatic carbocycles. The van der Waals surface area contributed by atoms with Crippen LogP contribution in [0.4, 0.5) is 0 Å². The average molecular weight is 246 g/mol. The van der Waals surface area contributed by atoms with Crippen LogP contribution in [-0.4, -0.2) is 27.7 Å². The predicted molar refractivity (Wildman–Crippen MR) is 66.2 cm³/mol. The number of rotatable bonds is 4. The fourth-order valence-electron chi connectivity index (χ4n) is 1.77. The van der Waals surface area contributed by atoms with Crippen LogP contribution < -0.4 is 4.74 Å². The SMILES string of the molecule is COc1ccc(CC(=O)O)cc1-n1cnc(C)c1. The standard InChI is InChI=1S/C13H14N2O3/c1-9-7-15(8-14-9)11-5-10(6-13(16)17)3-4-12(11)18-2/h3-5,7-8H,6H2,1-2H3,(H,16,17). The number of carboxylic acid groups (broad SMARTS) is 1. The van der Waals surface area contributed by atoms with E-state index in [1.54, 1.807) is 31.6 Å². The van der Waals surface area contributed by atoms with Crippen molar-refractivity contribution in [2.45, 2.75) is 13.3 Å². The molecule has 0 amide bonds. The highest BCUT2D eigenvalue weighted by atomic mass is 16.5. The molecule has 18 heavy (non-hydrogen) atoms. The Morgan fingerprint density at radius 1 is 1.50 bits per heavy atom. The van der Waals surface area contributed by atoms with Gasteiger partial charge in [0.1, 0.15) is 5.75 Å². The molecule has 5 heteroatoms. The molecule has 2 rings (SSSR count). The summed E-state index contributed by atoms with van der Waals surface area (Å²) in [6.07, 6.45) is 3.53. The van der Waals surface area contributed by atoms with E-state index in [0.29, 0.717) is 5.75 Å². The van der Waals surface area contributed by atoms with Gasteiger partial charge in [0.15, 0.2) is 0 Å². The van der Waals surface area contributed by atoms with E-state index in [1.807, 2.05) is 17.7 Å². The van der Waals surface area contributed by atoms with Gasteiger partial charge in [-0.15, -0.1) is 0 Å². The molecule has 0 aliphatic rings. The zero-order valence-electron chi connectivity index (χ0n) is 10.3. The van der Waals surface area contributed by atoms with Gasteiger partial charge in [-0.3, -0.25) is 4.79 Å². The average Bonchev–Trinajstić information content (AvgIpc) is 2.75. The Labute approximate surface area is 105 Å². The second kappa shape index (κ2) is 4.91. The monoisotopic (exact) mass is 246 g/mol. The van der Waals surface area contributed by atoms with E-state index < -0.39 is 5.97 Å². The zero-order valence-corrected chi connectivity index (χ0v) is 10.3. The first kappa shape index (κ1) is 12.2. The number of aromatic nitrogens is 2. The number of aryl methyl sites for hydroxylation is 1. The van der Waals surface area contributed by atoms with Crippen molar-refractivity contribution >= 4 is 5.97 Å². The predicted octanol–water partition coefficient (Wildman–Crippen LogP) is 1.82. The lowest BCUT2D eigenvalue weighted by Gasteiger charge is -2.10. The van der Waals surface area contributed by atoms with Crippen molar-refractivity contribution in [3.8, 4) is 11.4 Å². The third kappa shape index (κ3) is 2.51. The highest BCUT2D eigenvalue weighted by molar-refractivity contribution is 5.70. The summed E-state index contributed by atoms with van der Waals surface area (Å²) in [6, 6.07) is 5.32. The first-order chi connectivity index (χ1) is 8.60. The molecule has 0 fully saturated rings. The van der Waals surface area contributed by atoms with Crippen LogP contribution in [0.1, 0.15) is 11.3 Å². The number of carbonyl (C=O) groups is 1. The van der Waals surface area contributed by atoms with Crippen molar-refractivity contribution in [2.24, 2.45) is 0 Å². The van der Waals surface area contributed by atoms with Crippen molar-refractivity contribution in [1.82, 2.24) is 9.55 Å². The van der Waals surface area contributed by atoms with Crippen LogP contribution in [-0.2, 0) is 11.2 Å². The second-order valence-electron chi connectivity index (χ2n) is 4.00. The van der Waals surface area contributed by atoms with Gasteiger partial charge in [0, 0.05) is 6.20 Å². The lowest BCUT2D eigenvalue weighted by molar-refractivity contribution is -0.136. The van der Waals surface area contributed by atoms with E-state index in [4.69, 9.17) is 9.84 Å². The molecule has 1 aromatic carbocycles. The molecule has 0 radical (unpaired) electrons. The summed E-state index contributed by atoms with van der Waals surface area (Å²) in [7, 11) is 1.58. The summed E-state index contributed by atoms with van der Waals surface area (Å²) in [6.45, 7) is 1.89. The minimum atomic E-state index is -0.854. The number of hydrogen-bond donors (Lipinski definition) is 1. The molecule has 1 N–H and O–H groups in total. The normalized spacial score (nSPS) is 10.3. The van der Waals surface area contributed by atoms with E-state index in [2.05, 4.69) is 4.98 Å². The van der Waals surface area contributed by atoms with Gasteiger partial charge in [-0.05, 0) is 24.6 Å². The largest absolute Gasteiger partial charge is 0.495 e. The second-order valence-corrected chi connectivity index (χ2v) is 4.00. The highest BCUT2D eigenvalue weighted by Crippen LogP contribution is 2.24. The van der Waals surface area contributed by atoms with E-state index in [9.17, 15) is 4.79 Å². The van der Waals surface area contributed by atoms with Gasteiger partial charge in [-0.1, -0.05) is 6.07 Å². The van der Waals surface area contributed by atoms with Gasteiger partial charge in [0.05, 0.1) is 31.2 Å². The lowest BCUT2D eigenvalue weighted by Crippen LogP contribution is -2.02. The molecule has 0 saturated heterocycles. The first-order valence-corrected chi connectivity index (χ1v) is 5.50. The Morgan fingerprint density at radius 3 is 2.83 bits per heavy atom. The van der Waals surface area contributed by atoms with Gasteiger partial charge in [-0.25, -0.2) is 4.98 Å². The van der Waals surface area contributed by atoms with Crippen LogP contribution in [0.2, 0.25) is 0 Å². The van der Waals surface area contributed by atoms with Crippen molar-refractivity contribution in [2.75, 3.05) is 7.11 Å². The number of aliphatic carboxylic acids is 1. The molecular formula is C13H14N2O3. The molecule has 0 aliphatic heterocycles. The number of nitrogens with zero attached hydrogens (tertiary/aromatic N) is 2. The number of ether oxygens (including phenoxy) is 1. The van der Waals surface area contributed by atoms with Crippen molar-refractivity contribution in [3.63, 3.8) is 0 Å². The maximum absolute atomic E-state index is 10.7. The van der Waals surface area contributed by atoms with Crippen LogP contribution in [0.3, 0.4) is 0 Å². The molecule has 0 saturated carbocycles. The Kier molecular flexibility index (Phi) is 3.32. The minimum Gasteiger partial charge on any atom is -0.495 e. The van der Waals surface area contributed by atoms with E-state index in [0.717, 1.165) is 16.9 Å². The molecule has 0 spiro atoms. The summed E-state index contributed by atoms with van der Waals surface area (Å²) in [5.41, 5.74) is 2.40. The summed E-state index contributed by atoms with van der Waals surface area (Å²) < 4.78 is 7.09. The number of hydrogen-bond acceptors (Lipinski definition) is 3. The third-order valence-electron chi connectivity index (χ3n) is 2.59. The Morgan fingerprint density at radius 2 is 2.28 bits per heavy atom. The summed E-state index contributed by atoms with van der Waals surface area (Å²) in [4.78, 5) is 14.9. The maximum atomic E-state index is 10.7. The van der Waals surface area contributed by atoms with Gasteiger partial charge < -0.3 is 14.4 Å². The zero-order chi connectivity index (χ0) is 13.1. The Hall–Kier alpha value is -2.30. The molecule has 94 valence electrons. The maximum Gasteiger partial charge on any atom is 0.307 e. The van der Waals surface area contributed by atoms with Gasteiger partial charge in [0.2, 0.25) is 0 Å². The van der Waals surface area contributed by atoms with Crippen LogP contribution in [0.25, 0.3) is 5.69 Å². The Bertz CT molecular complexity index is 575. The highest BCUT2D eigenvalue weighted by Gasteiger charge is 2.09. The molecule has 5 nitrogen and oxygen atoms in total. The van der Waals surface area contributed by atoms with Crippen LogP contribution in [0.15, 0.2) is 30.7 Å². The van der Waals surface area contributed by atoms with Crippen LogP contribution in [0.5, 0.6) is 5.75 Å². The van der Waals surface area contributed by atoms with Crippen LogP contribution in [0, 0.1) is 6.92 Å². The molecular weight excluding hydrogens is 232 g/mol. The minimum absolute atomic E-state index is 0.00925. The van der Waals surface area contributed by atoms with Gasteiger partial charge in [0.25, 0.3) is 0 Å². The topological polar surface area (TPSA) is 64.3 Å². The fraction of sp³-hybridized carbons (Fsp3) is 0.231. The summed E-state index contributed by atoms with van der Waals surface area (Å²) in [5, 5.41) is 8.81. The lowest BCUT2D eigenvalue weighted by atomic mass is 10.1. The number of imidazole rings is 1. The molecule has 1 heterocycles. The molecule has 0 unspecified atom stereocenters. The Balaban J connectivity index is 2.45. The smallest absolute Gasteiger partial charge is 0.307 e. The van der Waals surface area contributed by atoms with E-state index in [-0.39, 0.29) is 6.42 Å². The number of carboxylic acids is 1. The molecule has 0 bridgehead atoms. The third-order valence-corrected chi connectivity index (χ3v) is 2.59. The van der Waals surface area contributed by atoms with E-state index >= 15 is 0 Å². The number of benzene rings is 1.